The topological polar surface area (TPSA) is 163 Å². The van der Waals surface area contributed by atoms with Gasteiger partial charge in [-0.25, -0.2) is 0 Å². The molecule has 15 heteroatoms. The predicted molar refractivity (Wildman–Crippen MR) is 135 cm³/mol. The quantitative estimate of drug-likeness (QED) is 0.136. The van der Waals surface area contributed by atoms with Gasteiger partial charge in [-0.1, -0.05) is 0 Å². The number of nitrogens with one attached hydrogen (secondary N) is 2. The maximum atomic E-state index is 12.8. The summed E-state index contributed by atoms with van der Waals surface area (Å²) in [5.41, 5.74) is 0.431. The second-order valence-corrected chi connectivity index (χ2v) is 9.30. The molecular formula is C18H17I3N2O10. The van der Waals surface area contributed by atoms with Crippen molar-refractivity contribution in [2.24, 2.45) is 0 Å². The summed E-state index contributed by atoms with van der Waals surface area (Å²) in [6.07, 6.45) is -1.77. The van der Waals surface area contributed by atoms with E-state index >= 15 is 0 Å². The molecule has 0 aromatic heterocycles. The van der Waals surface area contributed by atoms with E-state index in [9.17, 15) is 28.8 Å². The Kier molecular flexibility index (Phi) is 14.2. The Labute approximate surface area is 228 Å². The van der Waals surface area contributed by atoms with E-state index in [1.54, 1.807) is 6.07 Å². The van der Waals surface area contributed by atoms with Crippen molar-refractivity contribution >= 4 is 105 Å². The van der Waals surface area contributed by atoms with Crippen LogP contribution in [0.5, 0.6) is 0 Å². The van der Waals surface area contributed by atoms with E-state index in [1.807, 2.05) is 67.8 Å². The summed E-state index contributed by atoms with van der Waals surface area (Å²) in [5.74, 6) is -1.08. The second kappa shape index (κ2) is 16.0. The van der Waals surface area contributed by atoms with Crippen LogP contribution in [-0.4, -0.2) is 76.2 Å². The molecule has 0 bridgehead atoms. The normalized spacial score (nSPS) is 11.8. The molecule has 1 aromatic carbocycles. The van der Waals surface area contributed by atoms with Gasteiger partial charge in [0.2, 0.25) is 0 Å². The fourth-order valence-corrected chi connectivity index (χ4v) is 6.69. The molecule has 0 aliphatic carbocycles. The van der Waals surface area contributed by atoms with E-state index in [0.717, 1.165) is 0 Å². The molecule has 2 atom stereocenters. The molecule has 180 valence electrons. The lowest BCUT2D eigenvalue weighted by Gasteiger charge is -2.18. The summed E-state index contributed by atoms with van der Waals surface area (Å²) in [6.45, 7) is -0.0206. The van der Waals surface area contributed by atoms with E-state index in [4.69, 9.17) is 9.47 Å². The lowest BCUT2D eigenvalue weighted by Crippen LogP contribution is -2.38. The molecule has 2 amide bonds. The van der Waals surface area contributed by atoms with Crippen LogP contribution in [0.25, 0.3) is 0 Å². The maximum absolute atomic E-state index is 12.8. The molecule has 33 heavy (non-hydrogen) atoms. The Balaban J connectivity index is 3.02. The molecular weight excluding hydrogens is 785 g/mol. The number of benzene rings is 1. The van der Waals surface area contributed by atoms with Crippen LogP contribution in [0.15, 0.2) is 6.07 Å². The third-order valence-electron chi connectivity index (χ3n) is 3.80. The molecule has 1 rings (SSSR count). The van der Waals surface area contributed by atoms with Crippen molar-refractivity contribution in [1.29, 1.82) is 0 Å². The van der Waals surface area contributed by atoms with Gasteiger partial charge in [-0.05, 0) is 73.8 Å². The number of hydrogen-bond acceptors (Lipinski definition) is 10. The average molecular weight is 802 g/mol. The molecule has 0 aliphatic rings. The van der Waals surface area contributed by atoms with Crippen molar-refractivity contribution in [3.63, 3.8) is 0 Å². The number of halogens is 3. The molecule has 1 aromatic rings. The first kappa shape index (κ1) is 29.3. The number of amides is 2. The molecule has 0 aliphatic heterocycles. The molecule has 0 radical (unpaired) electrons. The molecule has 2 N–H and O–H groups in total. The zero-order valence-corrected chi connectivity index (χ0v) is 23.1. The molecule has 2 unspecified atom stereocenters. The summed E-state index contributed by atoms with van der Waals surface area (Å²) in [7, 11) is 0. The fraction of sp³-hybridized carbons (Fsp3) is 0.333. The summed E-state index contributed by atoms with van der Waals surface area (Å²) in [5, 5.41) is 5.16. The third-order valence-corrected chi connectivity index (χ3v) is 6.58. The maximum Gasteiger partial charge on any atom is 0.293 e. The smallest absolute Gasteiger partial charge is 0.293 e. The number of carbonyl (C=O) groups excluding carboxylic acids is 6. The Bertz CT molecular complexity index is 817. The molecule has 0 saturated heterocycles. The number of rotatable bonds is 16. The third kappa shape index (κ3) is 9.55. The highest BCUT2D eigenvalue weighted by Crippen LogP contribution is 2.28. The monoisotopic (exact) mass is 802 g/mol. The Morgan fingerprint density at radius 1 is 0.758 bits per heavy atom. The number of hydrogen-bond donors (Lipinski definition) is 2. The van der Waals surface area contributed by atoms with Gasteiger partial charge in [0, 0.05) is 10.7 Å². The van der Waals surface area contributed by atoms with Crippen molar-refractivity contribution in [3.05, 3.63) is 27.9 Å². The summed E-state index contributed by atoms with van der Waals surface area (Å²) >= 11 is 5.77. The second-order valence-electron chi connectivity index (χ2n) is 5.89. The lowest BCUT2D eigenvalue weighted by atomic mass is 10.1. The van der Waals surface area contributed by atoms with Crippen LogP contribution < -0.4 is 10.6 Å². The molecule has 0 spiro atoms. The lowest BCUT2D eigenvalue weighted by molar-refractivity contribution is -0.142. The molecule has 0 fully saturated rings. The molecule has 0 heterocycles. The zero-order chi connectivity index (χ0) is 24.8. The Morgan fingerprint density at radius 3 is 1.48 bits per heavy atom. The highest BCUT2D eigenvalue weighted by Gasteiger charge is 2.25. The van der Waals surface area contributed by atoms with Gasteiger partial charge < -0.3 is 29.6 Å². The summed E-state index contributed by atoms with van der Waals surface area (Å²) in [6, 6.07) is 1.64. The van der Waals surface area contributed by atoms with Crippen molar-refractivity contribution in [2.45, 2.75) is 12.2 Å². The predicted octanol–water partition coefficient (Wildman–Crippen LogP) is 0.389. The van der Waals surface area contributed by atoms with Crippen LogP contribution in [0.1, 0.15) is 20.7 Å². The van der Waals surface area contributed by atoms with Crippen LogP contribution in [0.2, 0.25) is 0 Å². The van der Waals surface area contributed by atoms with E-state index in [2.05, 4.69) is 20.1 Å². The van der Waals surface area contributed by atoms with Crippen molar-refractivity contribution < 1.29 is 47.7 Å². The van der Waals surface area contributed by atoms with Crippen LogP contribution in [0.3, 0.4) is 0 Å². The van der Waals surface area contributed by atoms with E-state index in [0.29, 0.717) is 10.7 Å². The van der Waals surface area contributed by atoms with Crippen LogP contribution in [0, 0.1) is 10.7 Å². The van der Waals surface area contributed by atoms with Gasteiger partial charge in [-0.3, -0.25) is 28.8 Å². The van der Waals surface area contributed by atoms with E-state index in [-0.39, 0.29) is 63.3 Å². The Hall–Kier alpha value is -1.77. The fourth-order valence-electron chi connectivity index (χ4n) is 2.34. The van der Waals surface area contributed by atoms with Gasteiger partial charge in [0.15, 0.2) is 12.2 Å². The van der Waals surface area contributed by atoms with Crippen LogP contribution in [-0.2, 0) is 38.1 Å². The average Bonchev–Trinajstić information content (AvgIpc) is 2.77. The van der Waals surface area contributed by atoms with Crippen molar-refractivity contribution in [3.8, 4) is 0 Å². The van der Waals surface area contributed by atoms with Crippen molar-refractivity contribution in [2.75, 3.05) is 26.3 Å². The highest BCUT2D eigenvalue weighted by molar-refractivity contribution is 14.1. The first-order chi connectivity index (χ1) is 15.8. The molecule has 12 nitrogen and oxygen atoms in total. The number of ether oxygens (including phenoxy) is 4. The molecule has 0 saturated carbocycles. The minimum absolute atomic E-state index is 0.132. The van der Waals surface area contributed by atoms with Gasteiger partial charge in [-0.2, -0.15) is 0 Å². The van der Waals surface area contributed by atoms with Crippen LogP contribution in [0.4, 0.5) is 0 Å². The largest absolute Gasteiger partial charge is 0.464 e. The van der Waals surface area contributed by atoms with E-state index in [1.165, 1.54) is 0 Å². The number of carbonyl (C=O) groups is 6. The van der Waals surface area contributed by atoms with E-state index < -0.39 is 24.0 Å². The standard InChI is InChI=1S/C18H17I3N2O10/c19-12-1-13(20)15(18(29)23-3-11(33-9-27)5-31-7-25)16(21)14(12)17(28)22-2-10(32-8-26)4-30-6-24/h1,6-11H,2-5H2,(H,22,28)(H,23,29). The highest BCUT2D eigenvalue weighted by atomic mass is 127. The minimum Gasteiger partial charge on any atom is -0.464 e. The van der Waals surface area contributed by atoms with Crippen molar-refractivity contribution in [1.82, 2.24) is 10.6 Å². The summed E-state index contributed by atoms with van der Waals surface area (Å²) in [4.78, 5) is 67.5. The Morgan fingerprint density at radius 2 is 1.15 bits per heavy atom. The summed E-state index contributed by atoms with van der Waals surface area (Å²) < 4.78 is 20.1. The first-order valence-electron chi connectivity index (χ1n) is 8.83. The zero-order valence-electron chi connectivity index (χ0n) is 16.6. The minimum atomic E-state index is -0.887. The SMILES string of the molecule is O=COCC(CNC(=O)c1c(I)cc(I)c(C(=O)NCC(COC=O)OC=O)c1I)OC=O. The first-order valence-corrected chi connectivity index (χ1v) is 12.1. The van der Waals surface area contributed by atoms with Gasteiger partial charge in [0.1, 0.15) is 13.2 Å². The van der Waals surface area contributed by atoms with Gasteiger partial charge in [0.05, 0.1) is 24.2 Å². The van der Waals surface area contributed by atoms with Crippen LogP contribution >= 0.6 is 67.8 Å². The van der Waals surface area contributed by atoms with Gasteiger partial charge in [0.25, 0.3) is 37.7 Å². The van der Waals surface area contributed by atoms with Gasteiger partial charge >= 0.3 is 0 Å². The van der Waals surface area contributed by atoms with Gasteiger partial charge in [-0.15, -0.1) is 0 Å².